The van der Waals surface area contributed by atoms with Gasteiger partial charge in [0, 0.05) is 5.39 Å². The molecule has 2 heterocycles. The molecule has 0 unspecified atom stereocenters. The van der Waals surface area contributed by atoms with Gasteiger partial charge in [-0.2, -0.15) is 4.39 Å². The lowest BCUT2D eigenvalue weighted by Gasteiger charge is -1.96. The molecule has 0 N–H and O–H groups in total. The summed E-state index contributed by atoms with van der Waals surface area (Å²) in [5.41, 5.74) is 1.20. The topological polar surface area (TPSA) is 35.3 Å². The van der Waals surface area contributed by atoms with Crippen molar-refractivity contribution in [3.63, 3.8) is 0 Å². The van der Waals surface area contributed by atoms with E-state index in [0.29, 0.717) is 11.5 Å². The summed E-state index contributed by atoms with van der Waals surface area (Å²) >= 11 is 0. The molecular weight excluding hydrogens is 233 g/mol. The third kappa shape index (κ3) is 1.82. The third-order valence-corrected chi connectivity index (χ3v) is 2.69. The number of halogens is 1. The number of nitrogens with zero attached hydrogens (tertiary/aromatic N) is 1. The molecule has 0 bridgehead atoms. The Labute approximate surface area is 103 Å². The van der Waals surface area contributed by atoms with Crippen molar-refractivity contribution in [2.24, 2.45) is 0 Å². The van der Waals surface area contributed by atoms with E-state index in [9.17, 15) is 4.39 Å². The number of methoxy groups -OCH3 is 1. The Morgan fingerprint density at radius 2 is 2.06 bits per heavy atom. The van der Waals surface area contributed by atoms with E-state index in [2.05, 4.69) is 4.98 Å². The van der Waals surface area contributed by atoms with Crippen LogP contribution in [0.15, 0.2) is 46.9 Å². The van der Waals surface area contributed by atoms with Crippen LogP contribution in [-0.2, 0) is 0 Å². The van der Waals surface area contributed by atoms with Crippen LogP contribution in [0.3, 0.4) is 0 Å². The number of furan rings is 1. The van der Waals surface area contributed by atoms with Crippen LogP contribution < -0.4 is 4.74 Å². The van der Waals surface area contributed by atoms with Gasteiger partial charge in [-0.3, -0.25) is 0 Å². The lowest BCUT2D eigenvalue weighted by molar-refractivity contribution is 0.415. The lowest BCUT2D eigenvalue weighted by Crippen LogP contribution is -1.84. The number of hydrogen-bond donors (Lipinski definition) is 0. The number of hydrogen-bond acceptors (Lipinski definition) is 3. The van der Waals surface area contributed by atoms with Crippen molar-refractivity contribution in [2.75, 3.05) is 7.11 Å². The summed E-state index contributed by atoms with van der Waals surface area (Å²) in [6, 6.07) is 11.9. The molecule has 0 atom stereocenters. The van der Waals surface area contributed by atoms with Gasteiger partial charge in [-0.05, 0) is 36.4 Å². The minimum Gasteiger partial charge on any atom is -0.497 e. The van der Waals surface area contributed by atoms with E-state index in [1.165, 1.54) is 6.07 Å². The molecule has 0 spiro atoms. The van der Waals surface area contributed by atoms with Crippen molar-refractivity contribution in [3.8, 4) is 17.2 Å². The van der Waals surface area contributed by atoms with E-state index in [1.807, 2.05) is 24.3 Å². The maximum absolute atomic E-state index is 13.1. The minimum atomic E-state index is -0.523. The zero-order valence-electron chi connectivity index (χ0n) is 9.68. The summed E-state index contributed by atoms with van der Waals surface area (Å²) in [5, 5.41) is 0.899. The smallest absolute Gasteiger partial charge is 0.213 e. The molecule has 0 saturated heterocycles. The van der Waals surface area contributed by atoms with Crippen molar-refractivity contribution in [1.82, 2.24) is 4.98 Å². The zero-order chi connectivity index (χ0) is 12.5. The fourth-order valence-electron chi connectivity index (χ4n) is 1.82. The summed E-state index contributed by atoms with van der Waals surface area (Å²) in [6.07, 6.45) is 0. The van der Waals surface area contributed by atoms with E-state index >= 15 is 0 Å². The van der Waals surface area contributed by atoms with Crippen LogP contribution >= 0.6 is 0 Å². The number of ether oxygens (including phenoxy) is 1. The highest BCUT2D eigenvalue weighted by molar-refractivity contribution is 5.83. The average Bonchev–Trinajstić information content (AvgIpc) is 2.81. The number of benzene rings is 1. The predicted octanol–water partition coefficient (Wildman–Crippen LogP) is 3.64. The largest absolute Gasteiger partial charge is 0.497 e. The molecule has 0 radical (unpaired) electrons. The Morgan fingerprint density at radius 3 is 2.83 bits per heavy atom. The first-order valence-corrected chi connectivity index (χ1v) is 5.47. The molecule has 0 fully saturated rings. The summed E-state index contributed by atoms with van der Waals surface area (Å²) in [4.78, 5) is 3.79. The first-order chi connectivity index (χ1) is 8.76. The maximum atomic E-state index is 13.1. The minimum absolute atomic E-state index is 0.477. The Balaban J connectivity index is 2.13. The van der Waals surface area contributed by atoms with Crippen molar-refractivity contribution < 1.29 is 13.5 Å². The fraction of sp³-hybridized carbons (Fsp3) is 0.0714. The van der Waals surface area contributed by atoms with Gasteiger partial charge in [-0.15, -0.1) is 0 Å². The summed E-state index contributed by atoms with van der Waals surface area (Å²) in [7, 11) is 1.61. The van der Waals surface area contributed by atoms with Crippen LogP contribution in [0.2, 0.25) is 0 Å². The molecule has 3 rings (SSSR count). The molecule has 0 amide bonds. The molecule has 0 saturated carbocycles. The Hall–Kier alpha value is -2.36. The van der Waals surface area contributed by atoms with Crippen LogP contribution in [0.1, 0.15) is 0 Å². The van der Waals surface area contributed by atoms with Crippen molar-refractivity contribution in [1.29, 1.82) is 0 Å². The molecule has 0 aliphatic carbocycles. The molecule has 3 aromatic rings. The second kappa shape index (κ2) is 4.14. The highest BCUT2D eigenvalue weighted by Gasteiger charge is 2.08. The van der Waals surface area contributed by atoms with Crippen LogP contribution in [0.4, 0.5) is 4.39 Å². The van der Waals surface area contributed by atoms with Crippen LogP contribution in [-0.4, -0.2) is 12.1 Å². The van der Waals surface area contributed by atoms with Gasteiger partial charge in [0.25, 0.3) is 0 Å². The number of aromatic nitrogens is 1. The molecule has 4 heteroatoms. The van der Waals surface area contributed by atoms with E-state index in [4.69, 9.17) is 9.15 Å². The Kier molecular flexibility index (Phi) is 2.48. The summed E-state index contributed by atoms with van der Waals surface area (Å²) in [5.74, 6) is 0.769. The van der Waals surface area contributed by atoms with Crippen LogP contribution in [0.5, 0.6) is 5.75 Å². The summed E-state index contributed by atoms with van der Waals surface area (Å²) < 4.78 is 23.8. The highest BCUT2D eigenvalue weighted by atomic mass is 19.1. The van der Waals surface area contributed by atoms with Crippen LogP contribution in [0, 0.1) is 5.95 Å². The molecule has 90 valence electrons. The fourth-order valence-corrected chi connectivity index (χ4v) is 1.82. The lowest BCUT2D eigenvalue weighted by atomic mass is 10.2. The van der Waals surface area contributed by atoms with Gasteiger partial charge in [-0.25, -0.2) is 4.98 Å². The number of pyridine rings is 1. The summed E-state index contributed by atoms with van der Waals surface area (Å²) in [6.45, 7) is 0. The van der Waals surface area contributed by atoms with E-state index in [0.717, 1.165) is 16.7 Å². The van der Waals surface area contributed by atoms with Gasteiger partial charge in [-0.1, -0.05) is 6.07 Å². The third-order valence-electron chi connectivity index (χ3n) is 2.69. The number of fused-ring (bicyclic) bond motifs is 1. The van der Waals surface area contributed by atoms with Gasteiger partial charge >= 0.3 is 0 Å². The van der Waals surface area contributed by atoms with Gasteiger partial charge in [0.2, 0.25) is 5.95 Å². The van der Waals surface area contributed by atoms with Gasteiger partial charge < -0.3 is 9.15 Å². The van der Waals surface area contributed by atoms with Crippen molar-refractivity contribution >= 4 is 11.0 Å². The normalized spacial score (nSPS) is 10.8. The quantitative estimate of drug-likeness (QED) is 0.644. The first-order valence-electron chi connectivity index (χ1n) is 5.47. The zero-order valence-corrected chi connectivity index (χ0v) is 9.68. The van der Waals surface area contributed by atoms with Gasteiger partial charge in [0.1, 0.15) is 17.0 Å². The Morgan fingerprint density at radius 1 is 1.17 bits per heavy atom. The Bertz CT molecular complexity index is 706. The van der Waals surface area contributed by atoms with E-state index in [1.54, 1.807) is 19.2 Å². The molecule has 2 aromatic heterocycles. The SMILES string of the molecule is COc1ccc2oc(-c3cccc(F)n3)cc2c1. The maximum Gasteiger partial charge on any atom is 0.213 e. The molecule has 3 nitrogen and oxygen atoms in total. The molecule has 0 aliphatic rings. The first kappa shape index (κ1) is 10.8. The standard InChI is InChI=1S/C14H10FNO2/c1-17-10-5-6-12-9(7-10)8-13(18-12)11-3-2-4-14(15)16-11/h2-8H,1H3. The second-order valence-electron chi connectivity index (χ2n) is 3.86. The van der Waals surface area contributed by atoms with E-state index in [-0.39, 0.29) is 0 Å². The monoisotopic (exact) mass is 243 g/mol. The molecule has 1 aromatic carbocycles. The van der Waals surface area contributed by atoms with Gasteiger partial charge in [0.15, 0.2) is 5.76 Å². The van der Waals surface area contributed by atoms with Crippen molar-refractivity contribution in [3.05, 3.63) is 48.4 Å². The molecular formula is C14H10FNO2. The van der Waals surface area contributed by atoms with Gasteiger partial charge in [0.05, 0.1) is 7.11 Å². The highest BCUT2D eigenvalue weighted by Crippen LogP contribution is 2.29. The molecule has 18 heavy (non-hydrogen) atoms. The predicted molar refractivity (Wildman–Crippen MR) is 66.0 cm³/mol. The number of rotatable bonds is 2. The second-order valence-corrected chi connectivity index (χ2v) is 3.86. The van der Waals surface area contributed by atoms with Crippen molar-refractivity contribution in [2.45, 2.75) is 0 Å². The van der Waals surface area contributed by atoms with E-state index < -0.39 is 5.95 Å². The molecule has 0 aliphatic heterocycles. The van der Waals surface area contributed by atoms with Crippen LogP contribution in [0.25, 0.3) is 22.4 Å². The average molecular weight is 243 g/mol.